The summed E-state index contributed by atoms with van der Waals surface area (Å²) in [5, 5.41) is 12.2. The number of ketones is 1. The van der Waals surface area contributed by atoms with Gasteiger partial charge in [0.05, 0.1) is 33.3 Å². The number of hydrogen-bond donors (Lipinski definition) is 1. The van der Waals surface area contributed by atoms with Crippen molar-refractivity contribution in [3.8, 4) is 5.75 Å². The fourth-order valence-electron chi connectivity index (χ4n) is 3.99. The van der Waals surface area contributed by atoms with Gasteiger partial charge in [0.1, 0.15) is 11.5 Å². The Bertz CT molecular complexity index is 1340. The van der Waals surface area contributed by atoms with Gasteiger partial charge < -0.3 is 9.84 Å². The number of Topliss-reactive ketones (excluding diaryl/α,β-unsaturated/α-hetero) is 1. The molecule has 174 valence electrons. The molecule has 0 aliphatic carbocycles. The normalized spacial score (nSPS) is 17.3. The summed E-state index contributed by atoms with van der Waals surface area (Å²) in [6.45, 7) is 4.05. The SMILES string of the molecule is CCOc1cc(/C(O)=C2\C(=O)C(=O)N(c3ccc(Cl)c(Cl)c3)C2c2ccccc2C)ccc1Cl. The van der Waals surface area contributed by atoms with E-state index in [1.807, 2.05) is 38.1 Å². The molecule has 1 atom stereocenters. The zero-order valence-corrected chi connectivity index (χ0v) is 20.6. The fraction of sp³-hybridized carbons (Fsp3) is 0.154. The Morgan fingerprint density at radius 1 is 0.971 bits per heavy atom. The number of aliphatic hydroxyl groups excluding tert-OH is 1. The van der Waals surface area contributed by atoms with E-state index in [2.05, 4.69) is 0 Å². The van der Waals surface area contributed by atoms with Gasteiger partial charge >= 0.3 is 0 Å². The highest BCUT2D eigenvalue weighted by Gasteiger charge is 2.47. The number of aryl methyl sites for hydroxylation is 1. The molecule has 0 bridgehead atoms. The Morgan fingerprint density at radius 3 is 2.35 bits per heavy atom. The highest BCUT2D eigenvalue weighted by molar-refractivity contribution is 6.52. The van der Waals surface area contributed by atoms with Gasteiger partial charge in [0, 0.05) is 11.3 Å². The van der Waals surface area contributed by atoms with Crippen molar-refractivity contribution in [1.82, 2.24) is 0 Å². The molecule has 1 amide bonds. The summed E-state index contributed by atoms with van der Waals surface area (Å²) < 4.78 is 5.53. The van der Waals surface area contributed by atoms with Gasteiger partial charge in [-0.25, -0.2) is 0 Å². The summed E-state index contributed by atoms with van der Waals surface area (Å²) in [7, 11) is 0. The largest absolute Gasteiger partial charge is 0.507 e. The van der Waals surface area contributed by atoms with Crippen molar-refractivity contribution in [1.29, 1.82) is 0 Å². The summed E-state index contributed by atoms with van der Waals surface area (Å²) >= 11 is 18.5. The Hall–Kier alpha value is -2.99. The lowest BCUT2D eigenvalue weighted by atomic mass is 9.92. The van der Waals surface area contributed by atoms with Gasteiger partial charge in [0.15, 0.2) is 0 Å². The average Bonchev–Trinajstić information content (AvgIpc) is 3.07. The Balaban J connectivity index is 1.96. The van der Waals surface area contributed by atoms with Crippen LogP contribution in [0.2, 0.25) is 15.1 Å². The number of amides is 1. The van der Waals surface area contributed by atoms with E-state index in [1.165, 1.54) is 11.0 Å². The first-order chi connectivity index (χ1) is 16.2. The standard InChI is InChI=1S/C26H20Cl3NO4/c1-3-34-21-12-15(8-10-19(21)28)24(31)22-23(17-7-5-4-6-14(17)2)30(26(33)25(22)32)16-9-11-18(27)20(29)13-16/h4-13,23,31H,3H2,1-2H3/b24-22+. The van der Waals surface area contributed by atoms with Crippen LogP contribution in [0.3, 0.4) is 0 Å². The third kappa shape index (κ3) is 4.27. The minimum atomic E-state index is -0.885. The van der Waals surface area contributed by atoms with Crippen LogP contribution in [-0.2, 0) is 9.59 Å². The first-order valence-electron chi connectivity index (χ1n) is 10.5. The fourth-order valence-corrected chi connectivity index (χ4v) is 4.46. The maximum atomic E-state index is 13.3. The molecule has 3 aromatic rings. The van der Waals surface area contributed by atoms with E-state index in [-0.39, 0.29) is 16.4 Å². The molecule has 3 aromatic carbocycles. The minimum Gasteiger partial charge on any atom is -0.507 e. The molecule has 8 heteroatoms. The van der Waals surface area contributed by atoms with Crippen molar-refractivity contribution in [3.05, 3.63) is 98.0 Å². The monoisotopic (exact) mass is 515 g/mol. The van der Waals surface area contributed by atoms with Crippen molar-refractivity contribution in [3.63, 3.8) is 0 Å². The predicted octanol–water partition coefficient (Wildman–Crippen LogP) is 6.98. The summed E-state index contributed by atoms with van der Waals surface area (Å²) in [5.41, 5.74) is 2.17. The zero-order valence-electron chi connectivity index (χ0n) is 18.3. The molecular formula is C26H20Cl3NO4. The van der Waals surface area contributed by atoms with E-state index in [4.69, 9.17) is 39.5 Å². The van der Waals surface area contributed by atoms with Gasteiger partial charge in [-0.3, -0.25) is 14.5 Å². The van der Waals surface area contributed by atoms with Crippen LogP contribution in [0.15, 0.2) is 66.2 Å². The number of hydrogen-bond acceptors (Lipinski definition) is 4. The van der Waals surface area contributed by atoms with E-state index in [1.54, 1.807) is 30.3 Å². The molecule has 1 aliphatic heterocycles. The number of carbonyl (C=O) groups excluding carboxylic acids is 2. The van der Waals surface area contributed by atoms with Gasteiger partial charge in [0.2, 0.25) is 0 Å². The number of rotatable bonds is 5. The number of nitrogens with zero attached hydrogens (tertiary/aromatic N) is 1. The van der Waals surface area contributed by atoms with Crippen molar-refractivity contribution in [2.45, 2.75) is 19.9 Å². The van der Waals surface area contributed by atoms with Crippen molar-refractivity contribution < 1.29 is 19.4 Å². The van der Waals surface area contributed by atoms with Crippen LogP contribution in [0.5, 0.6) is 5.75 Å². The Kier molecular flexibility index (Phi) is 6.89. The van der Waals surface area contributed by atoms with Crippen LogP contribution in [0, 0.1) is 6.92 Å². The highest BCUT2D eigenvalue weighted by atomic mass is 35.5. The Labute approximate surface area is 212 Å². The first-order valence-corrected chi connectivity index (χ1v) is 11.6. The van der Waals surface area contributed by atoms with E-state index in [0.29, 0.717) is 39.2 Å². The van der Waals surface area contributed by atoms with Gasteiger partial charge in [-0.2, -0.15) is 0 Å². The zero-order chi connectivity index (χ0) is 24.6. The lowest BCUT2D eigenvalue weighted by Crippen LogP contribution is -2.29. The second-order valence-corrected chi connectivity index (χ2v) is 8.92. The molecule has 5 nitrogen and oxygen atoms in total. The smallest absolute Gasteiger partial charge is 0.300 e. The van der Waals surface area contributed by atoms with Gasteiger partial charge in [-0.15, -0.1) is 0 Å². The Morgan fingerprint density at radius 2 is 1.68 bits per heavy atom. The number of benzene rings is 3. The minimum absolute atomic E-state index is 0.0462. The highest BCUT2D eigenvalue weighted by Crippen LogP contribution is 2.44. The topological polar surface area (TPSA) is 66.8 Å². The van der Waals surface area contributed by atoms with Crippen LogP contribution in [0.4, 0.5) is 5.69 Å². The van der Waals surface area contributed by atoms with Crippen molar-refractivity contribution >= 4 is 57.9 Å². The number of ether oxygens (including phenoxy) is 1. The van der Waals surface area contributed by atoms with Crippen LogP contribution in [0.1, 0.15) is 29.7 Å². The summed E-state index contributed by atoms with van der Waals surface area (Å²) in [6.07, 6.45) is 0. The molecule has 0 radical (unpaired) electrons. The second kappa shape index (κ2) is 9.71. The lowest BCUT2D eigenvalue weighted by Gasteiger charge is -2.27. The molecule has 1 aliphatic rings. The van der Waals surface area contributed by atoms with Crippen LogP contribution in [0.25, 0.3) is 5.76 Å². The van der Waals surface area contributed by atoms with Gasteiger partial charge in [-0.1, -0.05) is 59.1 Å². The lowest BCUT2D eigenvalue weighted by molar-refractivity contribution is -0.132. The van der Waals surface area contributed by atoms with Crippen molar-refractivity contribution in [2.75, 3.05) is 11.5 Å². The number of carbonyl (C=O) groups is 2. The first kappa shape index (κ1) is 24.1. The molecule has 1 unspecified atom stereocenters. The van der Waals surface area contributed by atoms with Gasteiger partial charge in [0.25, 0.3) is 11.7 Å². The molecular weight excluding hydrogens is 497 g/mol. The molecule has 34 heavy (non-hydrogen) atoms. The third-order valence-electron chi connectivity index (χ3n) is 5.61. The molecule has 1 N–H and O–H groups in total. The number of anilines is 1. The molecule has 1 fully saturated rings. The number of halogens is 3. The van der Waals surface area contributed by atoms with Gasteiger partial charge in [-0.05, 0) is 61.4 Å². The van der Waals surface area contributed by atoms with E-state index in [9.17, 15) is 14.7 Å². The molecule has 0 spiro atoms. The summed E-state index contributed by atoms with van der Waals surface area (Å²) in [5.74, 6) is -1.57. The number of aliphatic hydroxyl groups is 1. The maximum absolute atomic E-state index is 13.3. The van der Waals surface area contributed by atoms with E-state index < -0.39 is 17.7 Å². The second-order valence-electron chi connectivity index (χ2n) is 7.70. The van der Waals surface area contributed by atoms with E-state index in [0.717, 1.165) is 5.56 Å². The van der Waals surface area contributed by atoms with Crippen LogP contribution < -0.4 is 9.64 Å². The quantitative estimate of drug-likeness (QED) is 0.226. The van der Waals surface area contributed by atoms with Crippen LogP contribution in [-0.4, -0.2) is 23.4 Å². The molecule has 0 aromatic heterocycles. The maximum Gasteiger partial charge on any atom is 0.300 e. The molecule has 4 rings (SSSR count). The predicted molar refractivity (Wildman–Crippen MR) is 135 cm³/mol. The molecule has 0 saturated carbocycles. The molecule has 1 heterocycles. The third-order valence-corrected chi connectivity index (χ3v) is 6.66. The van der Waals surface area contributed by atoms with E-state index >= 15 is 0 Å². The average molecular weight is 517 g/mol. The van der Waals surface area contributed by atoms with Crippen molar-refractivity contribution in [2.24, 2.45) is 0 Å². The van der Waals surface area contributed by atoms with Crippen LogP contribution >= 0.6 is 34.8 Å². The summed E-state index contributed by atoms with van der Waals surface area (Å²) in [6, 6.07) is 15.9. The summed E-state index contributed by atoms with van der Waals surface area (Å²) in [4.78, 5) is 27.9. The molecule has 1 saturated heterocycles.